The van der Waals surface area contributed by atoms with Gasteiger partial charge in [-0.15, -0.1) is 0 Å². The molecule has 2 aliphatic carbocycles. The number of aliphatic hydroxyl groups excluding tert-OH is 1. The molecule has 2 aliphatic rings. The van der Waals surface area contributed by atoms with Gasteiger partial charge in [-0.3, -0.25) is 0 Å². The van der Waals surface area contributed by atoms with Crippen LogP contribution in [-0.2, 0) is 0 Å². The maximum atomic E-state index is 11.6. The minimum atomic E-state index is -0.386. The molecule has 1 aromatic carbocycles. The van der Waals surface area contributed by atoms with Gasteiger partial charge in [0.25, 0.3) is 0 Å². The van der Waals surface area contributed by atoms with E-state index in [1.165, 1.54) is 11.6 Å². The first kappa shape index (κ1) is 21.0. The summed E-state index contributed by atoms with van der Waals surface area (Å²) < 4.78 is 17.2. The molecule has 0 amide bonds. The lowest BCUT2D eigenvalue weighted by atomic mass is 9.48. The minimum Gasteiger partial charge on any atom is -0.493 e. The number of hydrogen-bond donors (Lipinski definition) is 1. The lowest BCUT2D eigenvalue weighted by Gasteiger charge is -2.58. The van der Waals surface area contributed by atoms with Crippen molar-refractivity contribution >= 4 is 11.0 Å². The zero-order chi connectivity index (χ0) is 21.7. The third kappa shape index (κ3) is 3.33. The summed E-state index contributed by atoms with van der Waals surface area (Å²) in [6.07, 6.45) is 4.83. The molecule has 1 saturated carbocycles. The van der Waals surface area contributed by atoms with Crippen LogP contribution in [0.1, 0.15) is 47.0 Å². The van der Waals surface area contributed by atoms with Gasteiger partial charge in [-0.05, 0) is 55.1 Å². The number of allylic oxidation sites excluding steroid dienone is 1. The van der Waals surface area contributed by atoms with Gasteiger partial charge < -0.3 is 19.0 Å². The van der Waals surface area contributed by atoms with Crippen molar-refractivity contribution in [3.05, 3.63) is 46.3 Å². The zero-order valence-electron chi connectivity index (χ0n) is 18.5. The highest BCUT2D eigenvalue weighted by Crippen LogP contribution is 2.59. The highest BCUT2D eigenvalue weighted by atomic mass is 16.5. The lowest BCUT2D eigenvalue weighted by Crippen LogP contribution is -2.55. The molecule has 2 aromatic rings. The van der Waals surface area contributed by atoms with E-state index >= 15 is 0 Å². The number of rotatable bonds is 4. The van der Waals surface area contributed by atoms with Gasteiger partial charge >= 0.3 is 5.63 Å². The summed E-state index contributed by atoms with van der Waals surface area (Å²) in [5.74, 6) is 1.83. The Morgan fingerprint density at radius 2 is 1.97 bits per heavy atom. The molecule has 30 heavy (non-hydrogen) atoms. The Labute approximate surface area is 177 Å². The summed E-state index contributed by atoms with van der Waals surface area (Å²) in [5.41, 5.74) is 1.36. The van der Waals surface area contributed by atoms with Crippen molar-refractivity contribution < 1.29 is 19.0 Å². The van der Waals surface area contributed by atoms with E-state index in [-0.39, 0.29) is 28.5 Å². The molecule has 1 heterocycles. The molecule has 4 atom stereocenters. The third-order valence-electron chi connectivity index (χ3n) is 7.84. The quantitative estimate of drug-likeness (QED) is 0.568. The van der Waals surface area contributed by atoms with E-state index < -0.39 is 0 Å². The average Bonchev–Trinajstić information content (AvgIpc) is 2.70. The molecule has 0 saturated heterocycles. The normalized spacial score (nSPS) is 30.5. The zero-order valence-corrected chi connectivity index (χ0v) is 18.5. The van der Waals surface area contributed by atoms with E-state index in [0.717, 1.165) is 24.6 Å². The van der Waals surface area contributed by atoms with Gasteiger partial charge in [0.15, 0.2) is 11.5 Å². The second kappa shape index (κ2) is 7.45. The Morgan fingerprint density at radius 1 is 1.20 bits per heavy atom. The predicted molar refractivity (Wildman–Crippen MR) is 117 cm³/mol. The molecule has 0 bridgehead atoms. The summed E-state index contributed by atoms with van der Waals surface area (Å²) in [6, 6.07) is 6.70. The first-order chi connectivity index (χ1) is 14.2. The standard InChI is InChI=1S/C25H32O5/c1-15-6-8-21-24(2,3)22(26)10-11-25(21,4)17(15)14-29-20-13-18-16(12-19(20)28-5)7-9-23(27)30-18/h6-7,9,12-13,17,21-22,26H,8,10-11,14H2,1-5H3/t17-,21+,22-,25-/m0/s1. The molecule has 0 aliphatic heterocycles. The van der Waals surface area contributed by atoms with Crippen LogP contribution in [0.5, 0.6) is 11.5 Å². The van der Waals surface area contributed by atoms with Crippen LogP contribution in [-0.4, -0.2) is 24.9 Å². The van der Waals surface area contributed by atoms with E-state index in [2.05, 4.69) is 33.8 Å². The number of aliphatic hydroxyl groups is 1. The molecule has 5 nitrogen and oxygen atoms in total. The molecule has 162 valence electrons. The van der Waals surface area contributed by atoms with Crippen LogP contribution in [0.3, 0.4) is 0 Å². The first-order valence-corrected chi connectivity index (χ1v) is 10.8. The average molecular weight is 413 g/mol. The van der Waals surface area contributed by atoms with Crippen LogP contribution >= 0.6 is 0 Å². The van der Waals surface area contributed by atoms with Crippen LogP contribution < -0.4 is 15.1 Å². The minimum absolute atomic E-state index is 0.0538. The topological polar surface area (TPSA) is 68.9 Å². The first-order valence-electron chi connectivity index (χ1n) is 10.8. The largest absolute Gasteiger partial charge is 0.493 e. The second-order valence-electron chi connectivity index (χ2n) is 9.78. The summed E-state index contributed by atoms with van der Waals surface area (Å²) in [7, 11) is 1.61. The van der Waals surface area contributed by atoms with E-state index in [4.69, 9.17) is 13.9 Å². The summed E-state index contributed by atoms with van der Waals surface area (Å²) in [5, 5.41) is 11.4. The van der Waals surface area contributed by atoms with E-state index in [9.17, 15) is 9.90 Å². The van der Waals surface area contributed by atoms with Crippen LogP contribution in [0, 0.1) is 22.7 Å². The smallest absolute Gasteiger partial charge is 0.336 e. The molecule has 0 radical (unpaired) electrons. The van der Waals surface area contributed by atoms with E-state index in [0.29, 0.717) is 29.6 Å². The second-order valence-corrected chi connectivity index (χ2v) is 9.78. The molecular formula is C25H32O5. The number of fused-ring (bicyclic) bond motifs is 2. The van der Waals surface area contributed by atoms with Crippen molar-refractivity contribution in [3.63, 3.8) is 0 Å². The van der Waals surface area contributed by atoms with Crippen molar-refractivity contribution in [3.8, 4) is 11.5 Å². The van der Waals surface area contributed by atoms with Gasteiger partial charge in [-0.2, -0.15) is 0 Å². The number of ether oxygens (including phenoxy) is 2. The summed E-state index contributed by atoms with van der Waals surface area (Å²) >= 11 is 0. The van der Waals surface area contributed by atoms with Crippen molar-refractivity contribution in [1.82, 2.24) is 0 Å². The van der Waals surface area contributed by atoms with Crippen LogP contribution in [0.4, 0.5) is 0 Å². The molecule has 1 aromatic heterocycles. The predicted octanol–water partition coefficient (Wildman–Crippen LogP) is 4.95. The maximum absolute atomic E-state index is 11.6. The van der Waals surface area contributed by atoms with E-state index in [1.807, 2.05) is 6.07 Å². The van der Waals surface area contributed by atoms with E-state index in [1.54, 1.807) is 19.2 Å². The van der Waals surface area contributed by atoms with Crippen molar-refractivity contribution in [1.29, 1.82) is 0 Å². The Hall–Kier alpha value is -2.27. The monoisotopic (exact) mass is 412 g/mol. The van der Waals surface area contributed by atoms with Crippen LogP contribution in [0.15, 0.2) is 45.1 Å². The molecule has 0 unspecified atom stereocenters. The lowest BCUT2D eigenvalue weighted by molar-refractivity contribution is -0.119. The SMILES string of the molecule is COc1cc2ccc(=O)oc2cc1OC[C@H]1C(C)=CC[C@@H]2C(C)(C)[C@@H](O)CC[C@]21C. The maximum Gasteiger partial charge on any atom is 0.336 e. The number of hydrogen-bond acceptors (Lipinski definition) is 5. The number of benzene rings is 1. The van der Waals surface area contributed by atoms with Gasteiger partial charge in [-0.1, -0.05) is 32.4 Å². The van der Waals surface area contributed by atoms with Gasteiger partial charge in [0.05, 0.1) is 19.8 Å². The Balaban J connectivity index is 1.65. The fourth-order valence-corrected chi connectivity index (χ4v) is 5.88. The molecular weight excluding hydrogens is 380 g/mol. The Kier molecular flexibility index (Phi) is 5.21. The fraction of sp³-hybridized carbons (Fsp3) is 0.560. The van der Waals surface area contributed by atoms with Gasteiger partial charge in [0.2, 0.25) is 0 Å². The molecule has 1 fully saturated rings. The van der Waals surface area contributed by atoms with Gasteiger partial charge in [0, 0.05) is 23.4 Å². The molecule has 1 N–H and O–H groups in total. The Bertz CT molecular complexity index is 1030. The molecule has 4 rings (SSSR count). The fourth-order valence-electron chi connectivity index (χ4n) is 5.88. The van der Waals surface area contributed by atoms with Crippen LogP contribution in [0.2, 0.25) is 0 Å². The molecule has 5 heteroatoms. The highest BCUT2D eigenvalue weighted by Gasteiger charge is 2.55. The van der Waals surface area contributed by atoms with Crippen LogP contribution in [0.25, 0.3) is 11.0 Å². The number of methoxy groups -OCH3 is 1. The summed E-state index contributed by atoms with van der Waals surface area (Å²) in [6.45, 7) is 9.44. The van der Waals surface area contributed by atoms with Crippen molar-refractivity contribution in [2.75, 3.05) is 13.7 Å². The van der Waals surface area contributed by atoms with Gasteiger partial charge in [-0.25, -0.2) is 4.79 Å². The van der Waals surface area contributed by atoms with Crippen molar-refractivity contribution in [2.45, 2.75) is 53.1 Å². The van der Waals surface area contributed by atoms with Gasteiger partial charge in [0.1, 0.15) is 5.58 Å². The molecule has 0 spiro atoms. The van der Waals surface area contributed by atoms with Crippen molar-refractivity contribution in [2.24, 2.45) is 22.7 Å². The summed E-state index contributed by atoms with van der Waals surface area (Å²) in [4.78, 5) is 11.6. The highest BCUT2D eigenvalue weighted by molar-refractivity contribution is 5.80. The third-order valence-corrected chi connectivity index (χ3v) is 7.84. The Morgan fingerprint density at radius 3 is 2.70 bits per heavy atom.